The molecule has 0 unspecified atom stereocenters. The van der Waals surface area contributed by atoms with E-state index in [0.717, 1.165) is 0 Å². The van der Waals surface area contributed by atoms with Gasteiger partial charge < -0.3 is 5.32 Å². The molecule has 3 nitrogen and oxygen atoms in total. The van der Waals surface area contributed by atoms with E-state index in [-0.39, 0.29) is 11.8 Å². The second kappa shape index (κ2) is 3.49. The summed E-state index contributed by atoms with van der Waals surface area (Å²) in [6.07, 6.45) is 6.13. The Labute approximate surface area is 78.1 Å². The largest absolute Gasteiger partial charge is 0.356 e. The summed E-state index contributed by atoms with van der Waals surface area (Å²) in [6, 6.07) is 2.07. The fraction of sp³-hybridized carbons (Fsp3) is 0.600. The molecule has 0 aromatic rings. The fourth-order valence-electron chi connectivity index (χ4n) is 1.53. The van der Waals surface area contributed by atoms with Gasteiger partial charge in [-0.25, -0.2) is 0 Å². The number of nitrogens with one attached hydrogen (secondary N) is 1. The van der Waals surface area contributed by atoms with Crippen molar-refractivity contribution in [2.75, 3.05) is 6.54 Å². The Hall–Kier alpha value is -1.48. The van der Waals surface area contributed by atoms with Crippen LogP contribution >= 0.6 is 0 Å². The number of amides is 1. The minimum atomic E-state index is -0.464. The second-order valence-corrected chi connectivity index (χ2v) is 3.60. The highest BCUT2D eigenvalue weighted by atomic mass is 16.1. The van der Waals surface area contributed by atoms with Crippen molar-refractivity contribution in [3.8, 4) is 18.4 Å². The molecule has 3 heteroatoms. The average Bonchev–Trinajstić information content (AvgIpc) is 2.52. The molecule has 0 aliphatic carbocycles. The van der Waals surface area contributed by atoms with Crippen molar-refractivity contribution in [2.45, 2.75) is 19.8 Å². The Morgan fingerprint density at radius 2 is 2.54 bits per heavy atom. The van der Waals surface area contributed by atoms with Gasteiger partial charge in [0.1, 0.15) is 0 Å². The van der Waals surface area contributed by atoms with E-state index in [9.17, 15) is 4.79 Å². The smallest absolute Gasteiger partial charge is 0.220 e. The van der Waals surface area contributed by atoms with Gasteiger partial charge in [0.05, 0.1) is 12.5 Å². The zero-order valence-corrected chi connectivity index (χ0v) is 7.63. The van der Waals surface area contributed by atoms with Crippen molar-refractivity contribution in [3.63, 3.8) is 0 Å². The molecule has 1 rings (SSSR count). The van der Waals surface area contributed by atoms with Gasteiger partial charge >= 0.3 is 0 Å². The van der Waals surface area contributed by atoms with Gasteiger partial charge in [-0.2, -0.15) is 5.26 Å². The highest BCUT2D eigenvalue weighted by Crippen LogP contribution is 2.34. The minimum absolute atomic E-state index is 0.0319. The van der Waals surface area contributed by atoms with Gasteiger partial charge in [0.2, 0.25) is 5.91 Å². The van der Waals surface area contributed by atoms with Crippen molar-refractivity contribution < 1.29 is 4.79 Å². The number of rotatable bonds is 2. The van der Waals surface area contributed by atoms with E-state index in [4.69, 9.17) is 11.7 Å². The summed E-state index contributed by atoms with van der Waals surface area (Å²) in [5, 5.41) is 11.3. The monoisotopic (exact) mass is 176 g/mol. The average molecular weight is 176 g/mol. The Bertz CT molecular complexity index is 297. The summed E-state index contributed by atoms with van der Waals surface area (Å²) < 4.78 is 0. The molecular formula is C10H12N2O. The Morgan fingerprint density at radius 3 is 2.92 bits per heavy atom. The Kier molecular flexibility index (Phi) is 2.58. The van der Waals surface area contributed by atoms with E-state index in [1.54, 1.807) is 0 Å². The molecule has 1 N–H and O–H groups in total. The summed E-state index contributed by atoms with van der Waals surface area (Å²) >= 11 is 0. The third kappa shape index (κ3) is 1.81. The standard InChI is InChI=1S/C10H12N2O/c1-3-10(2,4-5-11)8-6-9(13)12-7-8/h1,8H,4,6-7H2,2H3,(H,12,13)/t8-,10+/m1/s1. The summed E-state index contributed by atoms with van der Waals surface area (Å²) in [4.78, 5) is 11.0. The number of nitrogens with zero attached hydrogens (tertiary/aromatic N) is 1. The van der Waals surface area contributed by atoms with E-state index < -0.39 is 5.41 Å². The lowest BCUT2D eigenvalue weighted by Crippen LogP contribution is -2.27. The fourth-order valence-corrected chi connectivity index (χ4v) is 1.53. The first-order valence-corrected chi connectivity index (χ1v) is 4.24. The van der Waals surface area contributed by atoms with Gasteiger partial charge in [-0.05, 0) is 6.92 Å². The number of terminal acetylenes is 1. The number of hydrogen-bond donors (Lipinski definition) is 1. The molecule has 0 bridgehead atoms. The maximum Gasteiger partial charge on any atom is 0.220 e. The van der Waals surface area contributed by atoms with Crippen molar-refractivity contribution in [1.82, 2.24) is 5.32 Å². The predicted molar refractivity (Wildman–Crippen MR) is 48.3 cm³/mol. The van der Waals surface area contributed by atoms with Crippen LogP contribution in [0.4, 0.5) is 0 Å². The van der Waals surface area contributed by atoms with Gasteiger partial charge in [0, 0.05) is 24.3 Å². The molecule has 1 heterocycles. The van der Waals surface area contributed by atoms with Gasteiger partial charge in [-0.1, -0.05) is 5.92 Å². The molecule has 68 valence electrons. The van der Waals surface area contributed by atoms with Gasteiger partial charge in [-0.15, -0.1) is 6.42 Å². The SMILES string of the molecule is C#C[C@@](C)(CC#N)[C@H]1CNC(=O)C1. The highest BCUT2D eigenvalue weighted by molar-refractivity contribution is 5.78. The molecule has 2 atom stereocenters. The molecule has 0 aromatic heterocycles. The molecule has 1 amide bonds. The normalized spacial score (nSPS) is 25.5. The quantitative estimate of drug-likeness (QED) is 0.629. The number of hydrogen-bond acceptors (Lipinski definition) is 2. The van der Waals surface area contributed by atoms with E-state index in [2.05, 4.69) is 17.3 Å². The van der Waals surface area contributed by atoms with Crippen LogP contribution in [0.2, 0.25) is 0 Å². The van der Waals surface area contributed by atoms with Crippen LogP contribution in [-0.2, 0) is 4.79 Å². The van der Waals surface area contributed by atoms with Crippen LogP contribution < -0.4 is 5.32 Å². The molecule has 1 aliphatic heterocycles. The van der Waals surface area contributed by atoms with Crippen molar-refractivity contribution >= 4 is 5.91 Å². The van der Waals surface area contributed by atoms with Gasteiger partial charge in [0.25, 0.3) is 0 Å². The van der Waals surface area contributed by atoms with Crippen molar-refractivity contribution in [2.24, 2.45) is 11.3 Å². The first kappa shape index (κ1) is 9.61. The van der Waals surface area contributed by atoms with Crippen LogP contribution in [0.15, 0.2) is 0 Å². The van der Waals surface area contributed by atoms with Crippen molar-refractivity contribution in [1.29, 1.82) is 5.26 Å². The maximum atomic E-state index is 11.0. The zero-order chi connectivity index (χ0) is 9.90. The summed E-state index contributed by atoms with van der Waals surface area (Å²) in [6.45, 7) is 2.46. The lowest BCUT2D eigenvalue weighted by atomic mass is 9.75. The van der Waals surface area contributed by atoms with Crippen molar-refractivity contribution in [3.05, 3.63) is 0 Å². The molecule has 0 aromatic carbocycles. The maximum absolute atomic E-state index is 11.0. The predicted octanol–water partition coefficient (Wildman–Crippen LogP) is 0.676. The second-order valence-electron chi connectivity index (χ2n) is 3.60. The Balaban J connectivity index is 2.74. The van der Waals surface area contributed by atoms with E-state index >= 15 is 0 Å². The summed E-state index contributed by atoms with van der Waals surface area (Å²) in [7, 11) is 0. The minimum Gasteiger partial charge on any atom is -0.356 e. The van der Waals surface area contributed by atoms with Crippen LogP contribution in [0.3, 0.4) is 0 Å². The molecule has 0 spiro atoms. The number of nitriles is 1. The first-order chi connectivity index (χ1) is 6.12. The molecule has 13 heavy (non-hydrogen) atoms. The van der Waals surface area contributed by atoms with Crippen LogP contribution in [-0.4, -0.2) is 12.5 Å². The first-order valence-electron chi connectivity index (χ1n) is 4.24. The third-order valence-corrected chi connectivity index (χ3v) is 2.65. The number of carbonyl (C=O) groups excluding carboxylic acids is 1. The van der Waals surface area contributed by atoms with Crippen LogP contribution in [0.5, 0.6) is 0 Å². The van der Waals surface area contributed by atoms with Gasteiger partial charge in [0.15, 0.2) is 0 Å². The molecule has 0 saturated carbocycles. The number of carbonyl (C=O) groups is 1. The zero-order valence-electron chi connectivity index (χ0n) is 7.63. The highest BCUT2D eigenvalue weighted by Gasteiger charge is 2.37. The summed E-state index contributed by atoms with van der Waals surface area (Å²) in [5.74, 6) is 2.76. The molecule has 0 radical (unpaired) electrons. The third-order valence-electron chi connectivity index (χ3n) is 2.65. The lowest BCUT2D eigenvalue weighted by molar-refractivity contribution is -0.119. The van der Waals surface area contributed by atoms with E-state index in [1.165, 1.54) is 0 Å². The van der Waals surface area contributed by atoms with E-state index in [0.29, 0.717) is 19.4 Å². The molecule has 1 saturated heterocycles. The van der Waals surface area contributed by atoms with Crippen LogP contribution in [0, 0.1) is 35.0 Å². The van der Waals surface area contributed by atoms with E-state index in [1.807, 2.05) is 6.92 Å². The molecule has 1 fully saturated rings. The van der Waals surface area contributed by atoms with Gasteiger partial charge in [-0.3, -0.25) is 4.79 Å². The topological polar surface area (TPSA) is 52.9 Å². The molecule has 1 aliphatic rings. The van der Waals surface area contributed by atoms with Crippen LogP contribution in [0.25, 0.3) is 0 Å². The van der Waals surface area contributed by atoms with Crippen LogP contribution in [0.1, 0.15) is 19.8 Å². The summed E-state index contributed by atoms with van der Waals surface area (Å²) in [5.41, 5.74) is -0.464. The Morgan fingerprint density at radius 1 is 1.85 bits per heavy atom. The molecular weight excluding hydrogens is 164 g/mol. The lowest BCUT2D eigenvalue weighted by Gasteiger charge is -2.26.